The maximum absolute atomic E-state index is 11.7. The second-order valence-electron chi connectivity index (χ2n) is 3.07. The van der Waals surface area contributed by atoms with Crippen molar-refractivity contribution in [2.24, 2.45) is 0 Å². The molecular formula is C9H11NO4S. The predicted octanol–water partition coefficient (Wildman–Crippen LogP) is 1.29. The Morgan fingerprint density at radius 1 is 1.40 bits per heavy atom. The van der Waals surface area contributed by atoms with Crippen LogP contribution < -0.4 is 0 Å². The molecule has 6 heteroatoms. The van der Waals surface area contributed by atoms with Gasteiger partial charge < -0.3 is 5.11 Å². The van der Waals surface area contributed by atoms with E-state index in [1.807, 2.05) is 0 Å². The highest BCUT2D eigenvalue weighted by atomic mass is 32.2. The Hall–Kier alpha value is -1.56. The lowest BCUT2D eigenvalue weighted by Gasteiger charge is -2.13. The maximum Gasteiger partial charge on any atom is 0.421 e. The summed E-state index contributed by atoms with van der Waals surface area (Å²) in [6.07, 6.45) is -1.50. The third-order valence-electron chi connectivity index (χ3n) is 1.92. The minimum absolute atomic E-state index is 0.0209. The normalized spacial score (nSPS) is 11.1. The van der Waals surface area contributed by atoms with Crippen molar-refractivity contribution in [1.29, 1.82) is 0 Å². The van der Waals surface area contributed by atoms with Gasteiger partial charge in [0, 0.05) is 7.05 Å². The summed E-state index contributed by atoms with van der Waals surface area (Å²) in [7, 11) is -2.93. The van der Waals surface area contributed by atoms with E-state index in [1.165, 1.54) is 12.1 Å². The average Bonchev–Trinajstić information content (AvgIpc) is 2.16. The summed E-state index contributed by atoms with van der Waals surface area (Å²) >= 11 is 0. The monoisotopic (exact) mass is 229 g/mol. The lowest BCUT2D eigenvalue weighted by Crippen LogP contribution is -2.31. The molecule has 0 atom stereocenters. The average molecular weight is 229 g/mol. The van der Waals surface area contributed by atoms with Crippen LogP contribution in [0.3, 0.4) is 0 Å². The molecule has 0 aromatic heterocycles. The third kappa shape index (κ3) is 2.27. The van der Waals surface area contributed by atoms with Crippen molar-refractivity contribution in [2.45, 2.75) is 11.8 Å². The van der Waals surface area contributed by atoms with E-state index < -0.39 is 16.1 Å². The highest BCUT2D eigenvalue weighted by Crippen LogP contribution is 2.15. The van der Waals surface area contributed by atoms with Crippen molar-refractivity contribution in [3.05, 3.63) is 29.8 Å². The van der Waals surface area contributed by atoms with Crippen LogP contribution in [0.4, 0.5) is 4.79 Å². The number of rotatable bonds is 2. The molecule has 0 aliphatic heterocycles. The molecule has 15 heavy (non-hydrogen) atoms. The zero-order chi connectivity index (χ0) is 11.6. The van der Waals surface area contributed by atoms with E-state index in [9.17, 15) is 13.2 Å². The van der Waals surface area contributed by atoms with Crippen molar-refractivity contribution in [3.8, 4) is 0 Å². The van der Waals surface area contributed by atoms with Crippen LogP contribution >= 0.6 is 0 Å². The molecule has 0 fully saturated rings. The Balaban J connectivity index is 3.23. The summed E-state index contributed by atoms with van der Waals surface area (Å²) in [4.78, 5) is 10.5. The van der Waals surface area contributed by atoms with E-state index in [0.717, 1.165) is 12.6 Å². The molecule has 0 aliphatic rings. The Morgan fingerprint density at radius 2 is 2.00 bits per heavy atom. The van der Waals surface area contributed by atoms with Gasteiger partial charge in [0.15, 0.2) is 0 Å². The summed E-state index contributed by atoms with van der Waals surface area (Å²) in [5.74, 6) is 0. The van der Waals surface area contributed by atoms with Crippen molar-refractivity contribution in [1.82, 2.24) is 4.31 Å². The zero-order valence-electron chi connectivity index (χ0n) is 8.34. The summed E-state index contributed by atoms with van der Waals surface area (Å²) < 4.78 is 23.6. The van der Waals surface area contributed by atoms with Gasteiger partial charge in [0.2, 0.25) is 0 Å². The van der Waals surface area contributed by atoms with Gasteiger partial charge in [-0.25, -0.2) is 17.5 Å². The van der Waals surface area contributed by atoms with Crippen molar-refractivity contribution < 1.29 is 18.3 Å². The van der Waals surface area contributed by atoms with Crippen LogP contribution in [0.1, 0.15) is 5.56 Å². The number of nitrogens with zero attached hydrogens (tertiary/aromatic N) is 1. The van der Waals surface area contributed by atoms with Crippen LogP contribution in [0.2, 0.25) is 0 Å². The van der Waals surface area contributed by atoms with E-state index in [4.69, 9.17) is 5.11 Å². The first-order valence-electron chi connectivity index (χ1n) is 4.14. The number of carboxylic acid groups (broad SMARTS) is 1. The highest BCUT2D eigenvalue weighted by Gasteiger charge is 2.24. The van der Waals surface area contributed by atoms with E-state index >= 15 is 0 Å². The number of sulfonamides is 1. The van der Waals surface area contributed by atoms with Gasteiger partial charge in [-0.15, -0.1) is 0 Å². The Labute approximate surface area is 88.0 Å². The number of aryl methyl sites for hydroxylation is 1. The number of hydrogen-bond donors (Lipinski definition) is 1. The van der Waals surface area contributed by atoms with E-state index in [1.54, 1.807) is 19.1 Å². The summed E-state index contributed by atoms with van der Waals surface area (Å²) in [5.41, 5.74) is 0.759. The molecular weight excluding hydrogens is 218 g/mol. The largest absolute Gasteiger partial charge is 0.464 e. The molecule has 0 radical (unpaired) electrons. The summed E-state index contributed by atoms with van der Waals surface area (Å²) in [5, 5.41) is 8.59. The lowest BCUT2D eigenvalue weighted by atomic mass is 10.2. The fourth-order valence-corrected chi connectivity index (χ4v) is 2.14. The first-order chi connectivity index (χ1) is 6.85. The molecule has 1 rings (SSSR count). The molecule has 0 saturated heterocycles. The molecule has 0 heterocycles. The van der Waals surface area contributed by atoms with Crippen LogP contribution in [0.5, 0.6) is 0 Å². The third-order valence-corrected chi connectivity index (χ3v) is 3.64. The Bertz CT molecular complexity index is 481. The molecule has 0 saturated carbocycles. The molecule has 0 bridgehead atoms. The molecule has 0 spiro atoms. The van der Waals surface area contributed by atoms with Gasteiger partial charge in [-0.3, -0.25) is 0 Å². The fourth-order valence-electron chi connectivity index (χ4n) is 1.04. The van der Waals surface area contributed by atoms with Gasteiger partial charge in [0.25, 0.3) is 10.0 Å². The van der Waals surface area contributed by atoms with E-state index in [-0.39, 0.29) is 4.90 Å². The molecule has 5 nitrogen and oxygen atoms in total. The quantitative estimate of drug-likeness (QED) is 0.829. The van der Waals surface area contributed by atoms with Crippen LogP contribution in [0, 0.1) is 6.92 Å². The molecule has 1 N–H and O–H groups in total. The molecule has 1 aromatic carbocycles. The molecule has 82 valence electrons. The fraction of sp³-hybridized carbons (Fsp3) is 0.222. The topological polar surface area (TPSA) is 74.7 Å². The zero-order valence-corrected chi connectivity index (χ0v) is 9.15. The number of carbonyl (C=O) groups is 1. The SMILES string of the molecule is Cc1cccc(S(=O)(=O)N(C)C(=O)O)c1. The minimum Gasteiger partial charge on any atom is -0.464 e. The van der Waals surface area contributed by atoms with Crippen LogP contribution in [0.15, 0.2) is 29.2 Å². The second kappa shape index (κ2) is 3.90. The molecule has 0 aliphatic carbocycles. The van der Waals surface area contributed by atoms with E-state index in [2.05, 4.69) is 0 Å². The Morgan fingerprint density at radius 3 is 2.47 bits per heavy atom. The van der Waals surface area contributed by atoms with Crippen LogP contribution in [0.25, 0.3) is 0 Å². The highest BCUT2D eigenvalue weighted by molar-refractivity contribution is 7.89. The second-order valence-corrected chi connectivity index (χ2v) is 5.04. The number of benzene rings is 1. The van der Waals surface area contributed by atoms with Gasteiger partial charge in [0.1, 0.15) is 0 Å². The van der Waals surface area contributed by atoms with Gasteiger partial charge in [0.05, 0.1) is 4.90 Å². The molecule has 0 unspecified atom stereocenters. The van der Waals surface area contributed by atoms with Crippen LogP contribution in [-0.4, -0.2) is 31.0 Å². The first-order valence-corrected chi connectivity index (χ1v) is 5.58. The van der Waals surface area contributed by atoms with Crippen molar-refractivity contribution in [2.75, 3.05) is 7.05 Å². The van der Waals surface area contributed by atoms with Crippen molar-refractivity contribution >= 4 is 16.1 Å². The van der Waals surface area contributed by atoms with Crippen LogP contribution in [-0.2, 0) is 10.0 Å². The van der Waals surface area contributed by atoms with E-state index in [0.29, 0.717) is 4.31 Å². The first kappa shape index (κ1) is 11.5. The summed E-state index contributed by atoms with van der Waals surface area (Å²) in [6, 6.07) is 6.09. The number of hydrogen-bond acceptors (Lipinski definition) is 3. The number of amides is 1. The lowest BCUT2D eigenvalue weighted by molar-refractivity contribution is 0.178. The smallest absolute Gasteiger partial charge is 0.421 e. The predicted molar refractivity (Wildman–Crippen MR) is 54.2 cm³/mol. The Kier molecular flexibility index (Phi) is 2.99. The van der Waals surface area contributed by atoms with Gasteiger partial charge >= 0.3 is 6.09 Å². The van der Waals surface area contributed by atoms with Gasteiger partial charge in [-0.1, -0.05) is 12.1 Å². The maximum atomic E-state index is 11.7. The standard InChI is InChI=1S/C9H11NO4S/c1-7-4-3-5-8(6-7)15(13,14)10(2)9(11)12/h3-6H,1-2H3,(H,11,12). The molecule has 1 aromatic rings. The molecule has 1 amide bonds. The van der Waals surface area contributed by atoms with Crippen molar-refractivity contribution in [3.63, 3.8) is 0 Å². The summed E-state index contributed by atoms with van der Waals surface area (Å²) in [6.45, 7) is 1.74. The van der Waals surface area contributed by atoms with Gasteiger partial charge in [-0.2, -0.15) is 0 Å². The van der Waals surface area contributed by atoms with Gasteiger partial charge in [-0.05, 0) is 24.6 Å². The minimum atomic E-state index is -3.93.